The number of urea groups is 1. The third-order valence-corrected chi connectivity index (χ3v) is 10.5. The number of halogens is 2. The highest BCUT2D eigenvalue weighted by Gasteiger charge is 2.21. The number of phenolic OH excluding ortho intramolecular Hbond substituents is 2. The fourth-order valence-corrected chi connectivity index (χ4v) is 6.85. The third-order valence-electron chi connectivity index (χ3n) is 9.81. The second-order valence-electron chi connectivity index (χ2n) is 14.3. The van der Waals surface area contributed by atoms with Crippen molar-refractivity contribution in [3.05, 3.63) is 184 Å². The van der Waals surface area contributed by atoms with Crippen molar-refractivity contribution >= 4 is 108 Å². The Labute approximate surface area is 390 Å². The van der Waals surface area contributed by atoms with E-state index >= 15 is 0 Å². The van der Waals surface area contributed by atoms with Crippen molar-refractivity contribution in [1.29, 1.82) is 5.41 Å². The first-order chi connectivity index (χ1) is 32.5. The molecule has 0 saturated carbocycles. The van der Waals surface area contributed by atoms with Crippen molar-refractivity contribution in [3.63, 3.8) is 0 Å². The van der Waals surface area contributed by atoms with Crippen LogP contribution in [0.2, 0.25) is 10.0 Å². The third kappa shape index (κ3) is 10.7. The number of carbonyl (C=O) groups is 2. The summed E-state index contributed by atoms with van der Waals surface area (Å²) >= 11 is 12.2. The fourth-order valence-electron chi connectivity index (χ4n) is 6.49. The summed E-state index contributed by atoms with van der Waals surface area (Å²) in [5.41, 5.74) is 4.78. The maximum atomic E-state index is 13.2. The second kappa shape index (κ2) is 20.3. The van der Waals surface area contributed by atoms with Gasteiger partial charge in [-0.25, -0.2) is 15.7 Å². The number of fused-ring (bicyclic) bond motifs is 2. The fraction of sp³-hybridized carbons (Fsp3) is 0.0208. The van der Waals surface area contributed by atoms with Crippen LogP contribution in [0, 0.1) is 10.6 Å². The summed E-state index contributed by atoms with van der Waals surface area (Å²) in [5, 5.41) is 72.6. The summed E-state index contributed by atoms with van der Waals surface area (Å²) in [4.78, 5) is 31.4. The Morgan fingerprint density at radius 2 is 1.16 bits per heavy atom. The van der Waals surface area contributed by atoms with E-state index < -0.39 is 23.8 Å². The molecule has 0 atom stereocenters. The highest BCUT2D eigenvalue weighted by Crippen LogP contribution is 2.41. The highest BCUT2D eigenvalue weighted by molar-refractivity contribution is 6.34. The van der Waals surface area contributed by atoms with Crippen molar-refractivity contribution in [3.8, 4) is 11.5 Å². The first kappa shape index (κ1) is 44.7. The Balaban J connectivity index is 0.926. The molecule has 8 rings (SSSR count). The van der Waals surface area contributed by atoms with Crippen molar-refractivity contribution in [2.75, 3.05) is 10.8 Å². The minimum absolute atomic E-state index is 0.00597. The SMILES string of the molecule is N=C(OCc1cc2ccccc2c(N=Nc2ccc([N+]([O-])=Nc3ccc(N=Nc4c(O)c(C(=O)NC(=O)Nc5ccccc5Cl)cc5ccccc45)cc3)cc2)c1O)ONc1ccccc1Cl. The Morgan fingerprint density at radius 1 is 0.642 bits per heavy atom. The number of para-hydroxylation sites is 2. The van der Waals surface area contributed by atoms with E-state index in [4.69, 9.17) is 38.2 Å². The molecular weight excluding hydrogens is 899 g/mol. The normalized spacial score (nSPS) is 11.5. The Kier molecular flexibility index (Phi) is 13.5. The van der Waals surface area contributed by atoms with E-state index in [1.165, 1.54) is 18.2 Å². The second-order valence-corrected chi connectivity index (χ2v) is 15.1. The van der Waals surface area contributed by atoms with Crippen LogP contribution in [0.5, 0.6) is 11.5 Å². The molecule has 0 bridgehead atoms. The zero-order chi connectivity index (χ0) is 46.9. The van der Waals surface area contributed by atoms with Crippen LogP contribution in [0.15, 0.2) is 183 Å². The van der Waals surface area contributed by atoms with Crippen molar-refractivity contribution in [2.45, 2.75) is 6.61 Å². The predicted molar refractivity (Wildman–Crippen MR) is 254 cm³/mol. The first-order valence-corrected chi connectivity index (χ1v) is 20.7. The molecule has 0 spiro atoms. The van der Waals surface area contributed by atoms with Gasteiger partial charge >= 0.3 is 12.1 Å². The molecule has 0 aliphatic rings. The van der Waals surface area contributed by atoms with Gasteiger partial charge < -0.3 is 30.3 Å². The Bertz CT molecular complexity index is 3280. The average Bonchev–Trinajstić information content (AvgIpc) is 3.33. The van der Waals surface area contributed by atoms with Crippen LogP contribution in [-0.4, -0.2) is 33.1 Å². The molecule has 0 aromatic heterocycles. The van der Waals surface area contributed by atoms with Crippen molar-refractivity contribution < 1.29 is 34.2 Å². The minimum atomic E-state index is -0.884. The van der Waals surface area contributed by atoms with E-state index in [1.807, 2.05) is 12.1 Å². The van der Waals surface area contributed by atoms with Gasteiger partial charge in [0.1, 0.15) is 29.4 Å². The van der Waals surface area contributed by atoms with Gasteiger partial charge in [-0.15, -0.1) is 10.2 Å². The van der Waals surface area contributed by atoms with Crippen LogP contribution in [-0.2, 0) is 16.2 Å². The number of phenols is 2. The van der Waals surface area contributed by atoms with Gasteiger partial charge in [-0.1, -0.05) is 101 Å². The van der Waals surface area contributed by atoms with Gasteiger partial charge in [-0.3, -0.25) is 10.1 Å². The summed E-state index contributed by atoms with van der Waals surface area (Å²) in [6, 6.07) is 42.1. The summed E-state index contributed by atoms with van der Waals surface area (Å²) in [5.74, 6) is -1.59. The summed E-state index contributed by atoms with van der Waals surface area (Å²) < 4.78 is 5.44. The lowest BCUT2D eigenvalue weighted by Crippen LogP contribution is -2.34. The molecule has 67 heavy (non-hydrogen) atoms. The number of rotatable bonds is 12. The molecule has 8 aromatic carbocycles. The topological polar surface area (TPSA) is 241 Å². The van der Waals surface area contributed by atoms with Gasteiger partial charge in [-0.2, -0.15) is 10.2 Å². The van der Waals surface area contributed by atoms with Gasteiger partial charge in [0.15, 0.2) is 5.75 Å². The maximum absolute atomic E-state index is 13.2. The lowest BCUT2D eigenvalue weighted by Gasteiger charge is -2.13. The van der Waals surface area contributed by atoms with E-state index in [-0.39, 0.29) is 40.0 Å². The monoisotopic (exact) mass is 932 g/mol. The van der Waals surface area contributed by atoms with Crippen LogP contribution >= 0.6 is 23.2 Å². The van der Waals surface area contributed by atoms with Gasteiger partial charge in [0.05, 0.1) is 38.4 Å². The van der Waals surface area contributed by atoms with Crippen LogP contribution in [0.1, 0.15) is 15.9 Å². The van der Waals surface area contributed by atoms with E-state index in [1.54, 1.807) is 127 Å². The standard InChI is InChI=1S/C48H34Cl2N10O7/c49-38-13-5-7-15-40(38)52-48(64)53-46(63)37-26-29-10-2-4-12-36(29)43(45(37)62)57-54-31-17-19-33(20-18-31)58-60(65)34-23-21-32(22-24-34)55-56-42-35-11-3-1-9-28(35)25-30(44(42)61)27-66-47(51)67-59-41-16-8-6-14-39(41)50/h1-26,51,59,61-62H,27H2,(H2,52,53,63,64). The minimum Gasteiger partial charge on any atom is -0.594 e. The van der Waals surface area contributed by atoms with Gasteiger partial charge in [-0.05, 0) is 83.6 Å². The molecule has 6 N–H and O–H groups in total. The number of imide groups is 1. The molecule has 0 aliphatic heterocycles. The molecule has 3 amide bonds. The van der Waals surface area contributed by atoms with Crippen molar-refractivity contribution in [2.24, 2.45) is 25.6 Å². The number of hydrogen-bond acceptors (Lipinski definition) is 14. The molecule has 0 saturated heterocycles. The van der Waals surface area contributed by atoms with Crippen LogP contribution in [0.25, 0.3) is 21.5 Å². The summed E-state index contributed by atoms with van der Waals surface area (Å²) in [6.45, 7) is -0.221. The number of aromatic hydroxyl groups is 2. The molecule has 0 aliphatic carbocycles. The van der Waals surface area contributed by atoms with E-state index in [9.17, 15) is 25.0 Å². The summed E-state index contributed by atoms with van der Waals surface area (Å²) in [6.07, 6.45) is -0.561. The molecule has 332 valence electrons. The first-order valence-electron chi connectivity index (χ1n) is 20.0. The Hall–Kier alpha value is -8.93. The molecule has 17 nitrogen and oxygen atoms in total. The molecule has 0 unspecified atom stereocenters. The zero-order valence-corrected chi connectivity index (χ0v) is 36.1. The van der Waals surface area contributed by atoms with Crippen LogP contribution in [0.3, 0.4) is 0 Å². The smallest absolute Gasteiger partial charge is 0.406 e. The van der Waals surface area contributed by atoms with Crippen molar-refractivity contribution in [1.82, 2.24) is 5.32 Å². The van der Waals surface area contributed by atoms with Gasteiger partial charge in [0, 0.05) is 33.6 Å². The number of ether oxygens (including phenoxy) is 1. The van der Waals surface area contributed by atoms with E-state index in [0.717, 1.165) is 5.39 Å². The maximum Gasteiger partial charge on any atom is 0.406 e. The number of nitrogens with zero attached hydrogens (tertiary/aromatic N) is 6. The molecule has 0 fully saturated rings. The van der Waals surface area contributed by atoms with E-state index in [0.29, 0.717) is 60.0 Å². The lowest BCUT2D eigenvalue weighted by molar-refractivity contribution is -0.435. The number of anilines is 2. The van der Waals surface area contributed by atoms with Crippen LogP contribution in [0.4, 0.5) is 50.3 Å². The largest absolute Gasteiger partial charge is 0.594 e. The predicted octanol–water partition coefficient (Wildman–Crippen LogP) is 13.9. The van der Waals surface area contributed by atoms with E-state index in [2.05, 4.69) is 41.7 Å². The molecule has 19 heteroatoms. The number of amides is 3. The number of hydrogen-bond donors (Lipinski definition) is 6. The Morgan fingerprint density at radius 3 is 1.79 bits per heavy atom. The number of benzene rings is 8. The number of carbonyl (C=O) groups excluding carboxylic acids is 2. The summed E-state index contributed by atoms with van der Waals surface area (Å²) in [7, 11) is 0. The highest BCUT2D eigenvalue weighted by atomic mass is 35.5. The molecular formula is C48H34Cl2N10O7. The van der Waals surface area contributed by atoms with Gasteiger partial charge in [0.25, 0.3) is 5.91 Å². The number of azo groups is 3. The van der Waals surface area contributed by atoms with Gasteiger partial charge in [0.2, 0.25) is 5.69 Å². The average molecular weight is 934 g/mol. The molecule has 0 heterocycles. The lowest BCUT2D eigenvalue weighted by atomic mass is 10.0. The van der Waals surface area contributed by atoms with Crippen LogP contribution < -0.4 is 16.1 Å². The molecule has 0 radical (unpaired) electrons. The quantitative estimate of drug-likeness (QED) is 0.0226. The molecule has 8 aromatic rings. The number of nitrogens with one attached hydrogen (secondary N) is 4. The zero-order valence-electron chi connectivity index (χ0n) is 34.6.